The number of hydrogen-bond acceptors (Lipinski definition) is 4. The first-order chi connectivity index (χ1) is 9.18. The van der Waals surface area contributed by atoms with Gasteiger partial charge in [0.25, 0.3) is 0 Å². The Morgan fingerprint density at radius 3 is 2.58 bits per heavy atom. The van der Waals surface area contributed by atoms with Crippen molar-refractivity contribution in [3.05, 3.63) is 0 Å². The molecule has 1 aliphatic carbocycles. The summed E-state index contributed by atoms with van der Waals surface area (Å²) in [4.78, 5) is 2.29. The highest BCUT2D eigenvalue weighted by Gasteiger charge is 2.26. The molecule has 4 nitrogen and oxygen atoms in total. The van der Waals surface area contributed by atoms with E-state index < -0.39 is 0 Å². The second-order valence-corrected chi connectivity index (χ2v) is 6.57. The first kappa shape index (κ1) is 15.2. The standard InChI is InChI=1S/C15H30N2O2/c1-15(5-3-2-4-6-15)13-16-11-14(18)12-17-7-9-19-10-8-17/h14,16,18H,2-13H2,1H3. The number of ether oxygens (including phenoxy) is 1. The predicted octanol–water partition coefficient (Wildman–Crippen LogP) is 1.24. The maximum Gasteiger partial charge on any atom is 0.0791 e. The van der Waals surface area contributed by atoms with Crippen LogP contribution in [0, 0.1) is 5.41 Å². The Hall–Kier alpha value is -0.160. The zero-order chi connectivity index (χ0) is 13.6. The van der Waals surface area contributed by atoms with Gasteiger partial charge in [-0.05, 0) is 18.3 Å². The molecule has 2 N–H and O–H groups in total. The third kappa shape index (κ3) is 5.38. The van der Waals surface area contributed by atoms with E-state index >= 15 is 0 Å². The van der Waals surface area contributed by atoms with Crippen LogP contribution < -0.4 is 5.32 Å². The fourth-order valence-corrected chi connectivity index (χ4v) is 3.27. The zero-order valence-corrected chi connectivity index (χ0v) is 12.4. The Balaban J connectivity index is 1.59. The summed E-state index contributed by atoms with van der Waals surface area (Å²) in [5.41, 5.74) is 0.455. The minimum Gasteiger partial charge on any atom is -0.390 e. The van der Waals surface area contributed by atoms with E-state index in [1.807, 2.05) is 0 Å². The zero-order valence-electron chi connectivity index (χ0n) is 12.4. The Bertz CT molecular complexity index is 249. The van der Waals surface area contributed by atoms with Crippen molar-refractivity contribution in [1.29, 1.82) is 0 Å². The molecule has 1 aliphatic heterocycles. The smallest absolute Gasteiger partial charge is 0.0791 e. The first-order valence-corrected chi connectivity index (χ1v) is 7.87. The van der Waals surface area contributed by atoms with Gasteiger partial charge in [-0.25, -0.2) is 0 Å². The van der Waals surface area contributed by atoms with Gasteiger partial charge in [-0.1, -0.05) is 26.2 Å². The minimum atomic E-state index is -0.259. The van der Waals surface area contributed by atoms with Gasteiger partial charge in [0.15, 0.2) is 0 Å². The van der Waals surface area contributed by atoms with Crippen LogP contribution in [0.3, 0.4) is 0 Å². The van der Waals surface area contributed by atoms with Gasteiger partial charge in [0.1, 0.15) is 0 Å². The van der Waals surface area contributed by atoms with Gasteiger partial charge in [-0.3, -0.25) is 4.90 Å². The van der Waals surface area contributed by atoms with Gasteiger partial charge < -0.3 is 15.2 Å². The van der Waals surface area contributed by atoms with Crippen molar-refractivity contribution < 1.29 is 9.84 Å². The summed E-state index contributed by atoms with van der Waals surface area (Å²) in [6, 6.07) is 0. The monoisotopic (exact) mass is 270 g/mol. The average molecular weight is 270 g/mol. The molecule has 0 aromatic rings. The summed E-state index contributed by atoms with van der Waals surface area (Å²) < 4.78 is 5.32. The Labute approximate surface area is 117 Å². The van der Waals surface area contributed by atoms with E-state index in [0.717, 1.165) is 39.4 Å². The molecule has 1 saturated heterocycles. The molecule has 0 aromatic heterocycles. The van der Waals surface area contributed by atoms with Gasteiger partial charge in [-0.2, -0.15) is 0 Å². The Morgan fingerprint density at radius 1 is 1.21 bits per heavy atom. The van der Waals surface area contributed by atoms with Crippen molar-refractivity contribution in [1.82, 2.24) is 10.2 Å². The molecule has 1 saturated carbocycles. The summed E-state index contributed by atoms with van der Waals surface area (Å²) in [5.74, 6) is 0. The van der Waals surface area contributed by atoms with Crippen LogP contribution in [0.1, 0.15) is 39.0 Å². The molecule has 2 rings (SSSR count). The minimum absolute atomic E-state index is 0.259. The van der Waals surface area contributed by atoms with Crippen LogP contribution in [-0.4, -0.2) is 62.0 Å². The van der Waals surface area contributed by atoms with Crippen LogP contribution in [0.25, 0.3) is 0 Å². The second-order valence-electron chi connectivity index (χ2n) is 6.57. The maximum absolute atomic E-state index is 10.1. The fourth-order valence-electron chi connectivity index (χ4n) is 3.27. The first-order valence-electron chi connectivity index (χ1n) is 7.87. The van der Waals surface area contributed by atoms with Gasteiger partial charge in [0.2, 0.25) is 0 Å². The maximum atomic E-state index is 10.1. The number of morpholine rings is 1. The number of nitrogens with zero attached hydrogens (tertiary/aromatic N) is 1. The summed E-state index contributed by atoms with van der Waals surface area (Å²) in [6.45, 7) is 8.43. The lowest BCUT2D eigenvalue weighted by atomic mass is 9.76. The summed E-state index contributed by atoms with van der Waals surface area (Å²) >= 11 is 0. The molecular weight excluding hydrogens is 240 g/mol. The molecule has 112 valence electrons. The van der Waals surface area contributed by atoms with E-state index in [1.165, 1.54) is 32.1 Å². The van der Waals surface area contributed by atoms with E-state index in [1.54, 1.807) is 0 Å². The highest BCUT2D eigenvalue weighted by Crippen LogP contribution is 2.34. The molecule has 0 amide bonds. The molecule has 1 atom stereocenters. The van der Waals surface area contributed by atoms with Crippen molar-refractivity contribution in [3.8, 4) is 0 Å². The predicted molar refractivity (Wildman–Crippen MR) is 77.3 cm³/mol. The van der Waals surface area contributed by atoms with Crippen LogP contribution in [0.5, 0.6) is 0 Å². The fraction of sp³-hybridized carbons (Fsp3) is 1.00. The van der Waals surface area contributed by atoms with Crippen molar-refractivity contribution in [3.63, 3.8) is 0 Å². The average Bonchev–Trinajstić information content (AvgIpc) is 2.40. The van der Waals surface area contributed by atoms with Gasteiger partial charge in [-0.15, -0.1) is 0 Å². The van der Waals surface area contributed by atoms with E-state index in [9.17, 15) is 5.11 Å². The van der Waals surface area contributed by atoms with Gasteiger partial charge in [0, 0.05) is 32.7 Å². The number of hydrogen-bond donors (Lipinski definition) is 2. The lowest BCUT2D eigenvalue weighted by molar-refractivity contribution is 0.0143. The van der Waals surface area contributed by atoms with Crippen LogP contribution in [0.2, 0.25) is 0 Å². The number of nitrogens with one attached hydrogen (secondary N) is 1. The van der Waals surface area contributed by atoms with Crippen LogP contribution in [0.15, 0.2) is 0 Å². The summed E-state index contributed by atoms with van der Waals surface area (Å²) in [7, 11) is 0. The summed E-state index contributed by atoms with van der Waals surface area (Å²) in [6.07, 6.45) is 6.54. The third-order valence-electron chi connectivity index (χ3n) is 4.57. The molecule has 0 aromatic carbocycles. The topological polar surface area (TPSA) is 44.7 Å². The Kier molecular flexibility index (Phi) is 6.07. The van der Waals surface area contributed by atoms with E-state index in [2.05, 4.69) is 17.1 Å². The molecule has 0 radical (unpaired) electrons. The molecule has 19 heavy (non-hydrogen) atoms. The van der Waals surface area contributed by atoms with Crippen LogP contribution in [-0.2, 0) is 4.74 Å². The summed E-state index contributed by atoms with van der Waals surface area (Å²) in [5, 5.41) is 13.5. The van der Waals surface area contributed by atoms with Crippen molar-refractivity contribution in [2.75, 3.05) is 45.9 Å². The molecule has 0 spiro atoms. The lowest BCUT2D eigenvalue weighted by Gasteiger charge is -2.34. The van der Waals surface area contributed by atoms with E-state index in [0.29, 0.717) is 12.0 Å². The molecule has 0 bridgehead atoms. The van der Waals surface area contributed by atoms with E-state index in [-0.39, 0.29) is 6.10 Å². The van der Waals surface area contributed by atoms with E-state index in [4.69, 9.17) is 4.74 Å². The van der Waals surface area contributed by atoms with Crippen LogP contribution >= 0.6 is 0 Å². The molecule has 1 unspecified atom stereocenters. The lowest BCUT2D eigenvalue weighted by Crippen LogP contribution is -2.45. The molecule has 2 fully saturated rings. The molecule has 1 heterocycles. The number of β-amino-alcohol motifs (C(OH)–C–C–N with tert-alkyl or cyclic N) is 1. The molecule has 2 aliphatic rings. The van der Waals surface area contributed by atoms with Crippen LogP contribution in [0.4, 0.5) is 0 Å². The SMILES string of the molecule is CC1(CNCC(O)CN2CCOCC2)CCCCC1. The highest BCUT2D eigenvalue weighted by atomic mass is 16.5. The number of aliphatic hydroxyl groups excluding tert-OH is 1. The number of rotatable bonds is 6. The van der Waals surface area contributed by atoms with Crippen molar-refractivity contribution in [2.45, 2.75) is 45.1 Å². The normalized spacial score (nSPS) is 26.2. The Morgan fingerprint density at radius 2 is 1.89 bits per heavy atom. The third-order valence-corrected chi connectivity index (χ3v) is 4.57. The number of aliphatic hydroxyl groups is 1. The van der Waals surface area contributed by atoms with Crippen molar-refractivity contribution >= 4 is 0 Å². The quantitative estimate of drug-likeness (QED) is 0.762. The molecule has 4 heteroatoms. The highest BCUT2D eigenvalue weighted by molar-refractivity contribution is 4.81. The second kappa shape index (κ2) is 7.58. The van der Waals surface area contributed by atoms with Gasteiger partial charge >= 0.3 is 0 Å². The van der Waals surface area contributed by atoms with Crippen molar-refractivity contribution in [2.24, 2.45) is 5.41 Å². The molecular formula is C15H30N2O2. The largest absolute Gasteiger partial charge is 0.390 e. The van der Waals surface area contributed by atoms with Gasteiger partial charge in [0.05, 0.1) is 19.3 Å².